The molecular formula is C20H29N3O4. The largest absolute Gasteiger partial charge is 0.496 e. The van der Waals surface area contributed by atoms with Gasteiger partial charge in [-0.3, -0.25) is 10.1 Å². The summed E-state index contributed by atoms with van der Waals surface area (Å²) in [6.07, 6.45) is 4.90. The molecule has 1 N–H and O–H groups in total. The summed E-state index contributed by atoms with van der Waals surface area (Å²) >= 11 is 0. The summed E-state index contributed by atoms with van der Waals surface area (Å²) in [6.45, 7) is 6.42. The molecule has 0 spiro atoms. The molecule has 7 nitrogen and oxygen atoms in total. The molecule has 1 aromatic carbocycles. The normalized spacial score (nSPS) is 11.3. The van der Waals surface area contributed by atoms with E-state index < -0.39 is 0 Å². The zero-order chi connectivity index (χ0) is 19.9. The smallest absolute Gasteiger partial charge is 0.265 e. The molecule has 1 heterocycles. The highest BCUT2D eigenvalue weighted by atomic mass is 16.5. The van der Waals surface area contributed by atoms with E-state index in [9.17, 15) is 4.79 Å². The Morgan fingerprint density at radius 2 is 1.78 bits per heavy atom. The first-order valence-electron chi connectivity index (χ1n) is 9.42. The summed E-state index contributed by atoms with van der Waals surface area (Å²) in [4.78, 5) is 13.0. The summed E-state index contributed by atoms with van der Waals surface area (Å²) < 4.78 is 16.0. The van der Waals surface area contributed by atoms with Gasteiger partial charge in [0.15, 0.2) is 0 Å². The molecule has 0 bridgehead atoms. The first-order chi connectivity index (χ1) is 13.1. The van der Waals surface area contributed by atoms with Crippen LogP contribution in [0, 0.1) is 0 Å². The minimum atomic E-state index is -0.388. The van der Waals surface area contributed by atoms with E-state index in [1.165, 1.54) is 14.2 Å². The van der Waals surface area contributed by atoms with Gasteiger partial charge in [0, 0.05) is 10.7 Å². The zero-order valence-corrected chi connectivity index (χ0v) is 16.8. The quantitative estimate of drug-likeness (QED) is 0.654. The molecule has 148 valence electrons. The van der Waals surface area contributed by atoms with Crippen LogP contribution in [0.15, 0.2) is 22.7 Å². The molecule has 0 fully saturated rings. The number of nitrogens with one attached hydrogen (secondary N) is 1. The third-order valence-electron chi connectivity index (χ3n) is 5.23. The molecule has 0 unspecified atom stereocenters. The number of amides is 1. The van der Waals surface area contributed by atoms with Crippen molar-refractivity contribution in [1.82, 2.24) is 10.4 Å². The SMILES string of the molecule is CCCCC(CC)(CC)c1nnoc1NC(=O)c1c(OC)cccc1OC. The van der Waals surface area contributed by atoms with Crippen molar-refractivity contribution < 1.29 is 18.8 Å². The molecule has 1 aromatic heterocycles. The fourth-order valence-electron chi connectivity index (χ4n) is 3.43. The Hall–Kier alpha value is -2.57. The lowest BCUT2D eigenvalue weighted by molar-refractivity contribution is 0.101. The Morgan fingerprint density at radius 1 is 1.15 bits per heavy atom. The van der Waals surface area contributed by atoms with Crippen molar-refractivity contribution in [2.24, 2.45) is 0 Å². The van der Waals surface area contributed by atoms with Gasteiger partial charge in [-0.1, -0.05) is 39.7 Å². The van der Waals surface area contributed by atoms with Gasteiger partial charge in [0.25, 0.3) is 11.8 Å². The van der Waals surface area contributed by atoms with Crippen LogP contribution in [-0.2, 0) is 5.41 Å². The summed E-state index contributed by atoms with van der Waals surface area (Å²) in [5, 5.41) is 10.8. The number of methoxy groups -OCH3 is 2. The number of hydrogen-bond acceptors (Lipinski definition) is 6. The number of hydrogen-bond donors (Lipinski definition) is 1. The van der Waals surface area contributed by atoms with E-state index in [0.717, 1.165) is 32.1 Å². The molecule has 2 rings (SSSR count). The molecule has 0 saturated heterocycles. The number of rotatable bonds is 10. The highest BCUT2D eigenvalue weighted by molar-refractivity contribution is 6.07. The van der Waals surface area contributed by atoms with E-state index in [1.807, 2.05) is 0 Å². The van der Waals surface area contributed by atoms with Crippen LogP contribution in [0.3, 0.4) is 0 Å². The maximum atomic E-state index is 13.0. The van der Waals surface area contributed by atoms with Gasteiger partial charge in [-0.15, -0.1) is 5.10 Å². The molecule has 0 aliphatic carbocycles. The molecule has 0 saturated carbocycles. The first-order valence-corrected chi connectivity index (χ1v) is 9.42. The number of carbonyl (C=O) groups excluding carboxylic acids is 1. The number of unbranched alkanes of at least 4 members (excludes halogenated alkanes) is 1. The Labute approximate surface area is 160 Å². The maximum Gasteiger partial charge on any atom is 0.265 e. The lowest BCUT2D eigenvalue weighted by Gasteiger charge is -2.29. The van der Waals surface area contributed by atoms with Gasteiger partial charge in [0.2, 0.25) is 0 Å². The van der Waals surface area contributed by atoms with Gasteiger partial charge < -0.3 is 14.0 Å². The Kier molecular flexibility index (Phi) is 7.21. The molecule has 1 amide bonds. The van der Waals surface area contributed by atoms with Crippen molar-refractivity contribution >= 4 is 11.8 Å². The lowest BCUT2D eigenvalue weighted by atomic mass is 9.75. The van der Waals surface area contributed by atoms with Crippen LogP contribution in [0.25, 0.3) is 0 Å². The Morgan fingerprint density at radius 3 is 2.30 bits per heavy atom. The van der Waals surface area contributed by atoms with Crippen molar-refractivity contribution in [3.8, 4) is 11.5 Å². The average Bonchev–Trinajstić information content (AvgIpc) is 3.17. The molecule has 0 atom stereocenters. The van der Waals surface area contributed by atoms with Gasteiger partial charge in [0.05, 0.1) is 14.2 Å². The number of ether oxygens (including phenoxy) is 2. The van der Waals surface area contributed by atoms with Crippen LogP contribution in [0.1, 0.15) is 68.9 Å². The van der Waals surface area contributed by atoms with Crippen LogP contribution < -0.4 is 14.8 Å². The minimum absolute atomic E-state index is 0.177. The number of nitrogens with zero attached hydrogens (tertiary/aromatic N) is 2. The fraction of sp³-hybridized carbons (Fsp3) is 0.550. The Bertz CT molecular complexity index is 731. The van der Waals surface area contributed by atoms with Crippen LogP contribution >= 0.6 is 0 Å². The highest BCUT2D eigenvalue weighted by Crippen LogP contribution is 2.39. The van der Waals surface area contributed by atoms with Crippen molar-refractivity contribution in [3.63, 3.8) is 0 Å². The third kappa shape index (κ3) is 4.23. The molecule has 0 radical (unpaired) electrons. The van der Waals surface area contributed by atoms with E-state index in [-0.39, 0.29) is 17.2 Å². The van der Waals surface area contributed by atoms with Crippen molar-refractivity contribution in [2.75, 3.05) is 19.5 Å². The number of aromatic nitrogens is 2. The average molecular weight is 375 g/mol. The van der Waals surface area contributed by atoms with Crippen molar-refractivity contribution in [3.05, 3.63) is 29.5 Å². The second kappa shape index (κ2) is 9.39. The van der Waals surface area contributed by atoms with E-state index in [0.29, 0.717) is 22.8 Å². The standard InChI is InChI=1S/C20H29N3O4/c1-6-9-13-20(7-2,8-3)17-19(27-23-22-17)21-18(24)16-14(25-4)11-10-12-15(16)26-5/h10-12H,6-9,13H2,1-5H3,(H,21,24). The molecule has 27 heavy (non-hydrogen) atoms. The molecule has 0 aliphatic rings. The fourth-order valence-corrected chi connectivity index (χ4v) is 3.43. The van der Waals surface area contributed by atoms with E-state index in [4.69, 9.17) is 14.0 Å². The van der Waals surface area contributed by atoms with Crippen LogP contribution in [0.5, 0.6) is 11.5 Å². The number of benzene rings is 1. The van der Waals surface area contributed by atoms with Crippen LogP contribution in [-0.4, -0.2) is 30.5 Å². The molecule has 7 heteroatoms. The van der Waals surface area contributed by atoms with Crippen molar-refractivity contribution in [2.45, 2.75) is 58.3 Å². The topological polar surface area (TPSA) is 86.5 Å². The van der Waals surface area contributed by atoms with E-state index in [1.54, 1.807) is 18.2 Å². The van der Waals surface area contributed by atoms with Gasteiger partial charge in [-0.2, -0.15) is 0 Å². The molecular weight excluding hydrogens is 346 g/mol. The number of anilines is 1. The summed E-state index contributed by atoms with van der Waals surface area (Å²) in [5.74, 6) is 0.738. The molecule has 0 aliphatic heterocycles. The van der Waals surface area contributed by atoms with Crippen LogP contribution in [0.4, 0.5) is 5.88 Å². The van der Waals surface area contributed by atoms with Gasteiger partial charge in [-0.25, -0.2) is 0 Å². The highest BCUT2D eigenvalue weighted by Gasteiger charge is 2.35. The summed E-state index contributed by atoms with van der Waals surface area (Å²) in [7, 11) is 3.02. The van der Waals surface area contributed by atoms with Gasteiger partial charge in [0.1, 0.15) is 22.8 Å². The Balaban J connectivity index is 2.38. The minimum Gasteiger partial charge on any atom is -0.496 e. The summed E-state index contributed by atoms with van der Waals surface area (Å²) in [6, 6.07) is 5.18. The second-order valence-corrected chi connectivity index (χ2v) is 6.53. The first kappa shape index (κ1) is 20.7. The predicted octanol–water partition coefficient (Wildman–Crippen LogP) is 4.59. The summed E-state index contributed by atoms with van der Waals surface area (Å²) in [5.41, 5.74) is 0.823. The van der Waals surface area contributed by atoms with Gasteiger partial charge >= 0.3 is 0 Å². The van der Waals surface area contributed by atoms with Gasteiger partial charge in [-0.05, 0) is 31.4 Å². The van der Waals surface area contributed by atoms with Crippen molar-refractivity contribution in [1.29, 1.82) is 0 Å². The molecule has 2 aromatic rings. The van der Waals surface area contributed by atoms with Crippen LogP contribution in [0.2, 0.25) is 0 Å². The second-order valence-electron chi connectivity index (χ2n) is 6.53. The number of carbonyl (C=O) groups is 1. The predicted molar refractivity (Wildman–Crippen MR) is 104 cm³/mol. The van der Waals surface area contributed by atoms with E-state index >= 15 is 0 Å². The monoisotopic (exact) mass is 375 g/mol. The van der Waals surface area contributed by atoms with E-state index in [2.05, 4.69) is 36.5 Å². The third-order valence-corrected chi connectivity index (χ3v) is 5.23. The maximum absolute atomic E-state index is 13.0. The zero-order valence-electron chi connectivity index (χ0n) is 16.8. The lowest BCUT2D eigenvalue weighted by Crippen LogP contribution is -2.27.